The number of nitrogens with zero attached hydrogens (tertiary/aromatic N) is 1. The minimum absolute atomic E-state index is 0.148. The number of aliphatic carboxylic acids is 1. The first kappa shape index (κ1) is 17.7. The van der Waals surface area contributed by atoms with Gasteiger partial charge in [0.1, 0.15) is 12.3 Å². The third-order valence-electron chi connectivity index (χ3n) is 4.08. The van der Waals surface area contributed by atoms with Crippen LogP contribution in [0.2, 0.25) is 5.02 Å². The van der Waals surface area contributed by atoms with Gasteiger partial charge in [0, 0.05) is 10.6 Å². The first-order valence-electron chi connectivity index (χ1n) is 7.71. The molecule has 0 aliphatic carbocycles. The van der Waals surface area contributed by atoms with E-state index in [1.54, 1.807) is 42.5 Å². The van der Waals surface area contributed by atoms with Gasteiger partial charge < -0.3 is 15.1 Å². The quantitative estimate of drug-likeness (QED) is 0.489. The van der Waals surface area contributed by atoms with Crippen molar-refractivity contribution in [3.63, 3.8) is 0 Å². The number of carbonyl (C=O) groups is 3. The van der Waals surface area contributed by atoms with Crippen LogP contribution in [0.5, 0.6) is 0 Å². The number of rotatable bonds is 4. The van der Waals surface area contributed by atoms with Gasteiger partial charge in [0.2, 0.25) is 0 Å². The van der Waals surface area contributed by atoms with Gasteiger partial charge in [0.25, 0.3) is 11.7 Å². The van der Waals surface area contributed by atoms with Crippen LogP contribution in [0.15, 0.2) is 60.2 Å². The average Bonchev–Trinajstić information content (AvgIpc) is 2.87. The summed E-state index contributed by atoms with van der Waals surface area (Å²) in [5.74, 6) is -3.51. The molecule has 0 bridgehead atoms. The van der Waals surface area contributed by atoms with Crippen LogP contribution in [0.3, 0.4) is 0 Å². The minimum Gasteiger partial charge on any atom is -0.507 e. The molecule has 0 radical (unpaired) electrons. The molecule has 3 rings (SSSR count). The zero-order chi connectivity index (χ0) is 18.8. The summed E-state index contributed by atoms with van der Waals surface area (Å²) in [4.78, 5) is 37.0. The van der Waals surface area contributed by atoms with Crippen molar-refractivity contribution >= 4 is 35.0 Å². The lowest BCUT2D eigenvalue weighted by Crippen LogP contribution is -2.34. The van der Waals surface area contributed by atoms with Crippen LogP contribution >= 0.6 is 11.6 Å². The molecule has 1 saturated heterocycles. The van der Waals surface area contributed by atoms with E-state index in [-0.39, 0.29) is 11.3 Å². The summed E-state index contributed by atoms with van der Waals surface area (Å²) < 4.78 is 0. The fourth-order valence-corrected chi connectivity index (χ4v) is 3.06. The molecule has 1 fully saturated rings. The van der Waals surface area contributed by atoms with Crippen molar-refractivity contribution in [3.8, 4) is 0 Å². The molecule has 2 aromatic rings. The molecule has 0 saturated carbocycles. The van der Waals surface area contributed by atoms with E-state index in [1.165, 1.54) is 12.1 Å². The number of likely N-dealkylation sites (tertiary alicyclic amines) is 1. The molecule has 7 heteroatoms. The van der Waals surface area contributed by atoms with Crippen molar-refractivity contribution in [2.45, 2.75) is 6.04 Å². The van der Waals surface area contributed by atoms with Gasteiger partial charge in [-0.05, 0) is 29.8 Å². The zero-order valence-corrected chi connectivity index (χ0v) is 14.2. The van der Waals surface area contributed by atoms with Crippen molar-refractivity contribution in [1.29, 1.82) is 0 Å². The van der Waals surface area contributed by atoms with Crippen LogP contribution in [0.25, 0.3) is 5.76 Å². The zero-order valence-electron chi connectivity index (χ0n) is 13.4. The summed E-state index contributed by atoms with van der Waals surface area (Å²) in [6.45, 7) is -0.651. The van der Waals surface area contributed by atoms with Gasteiger partial charge in [-0.2, -0.15) is 0 Å². The Hall–Kier alpha value is -3.12. The van der Waals surface area contributed by atoms with Gasteiger partial charge >= 0.3 is 5.97 Å². The number of aliphatic hydroxyl groups excluding tert-OH is 1. The normalized spacial score (nSPS) is 19.0. The van der Waals surface area contributed by atoms with E-state index in [1.807, 2.05) is 0 Å². The maximum Gasteiger partial charge on any atom is 0.323 e. The number of carbonyl (C=O) groups excluding carboxylic acids is 2. The van der Waals surface area contributed by atoms with Crippen molar-refractivity contribution < 1.29 is 24.6 Å². The Morgan fingerprint density at radius 1 is 1.00 bits per heavy atom. The fourth-order valence-electron chi connectivity index (χ4n) is 2.93. The largest absolute Gasteiger partial charge is 0.507 e. The highest BCUT2D eigenvalue weighted by molar-refractivity contribution is 6.46. The minimum atomic E-state index is -1.25. The second-order valence-electron chi connectivity index (χ2n) is 5.74. The number of hydrogen-bond donors (Lipinski definition) is 2. The van der Waals surface area contributed by atoms with Crippen molar-refractivity contribution in [3.05, 3.63) is 76.3 Å². The molecular formula is C19H14ClNO5. The number of carboxylic acid groups (broad SMARTS) is 1. The molecule has 1 heterocycles. The van der Waals surface area contributed by atoms with Crippen LogP contribution < -0.4 is 0 Å². The number of hydrogen-bond acceptors (Lipinski definition) is 4. The van der Waals surface area contributed by atoms with Crippen LogP contribution in [0.1, 0.15) is 17.2 Å². The van der Waals surface area contributed by atoms with Crippen LogP contribution in [0.4, 0.5) is 0 Å². The van der Waals surface area contributed by atoms with Gasteiger partial charge in [-0.1, -0.05) is 41.9 Å². The summed E-state index contributed by atoms with van der Waals surface area (Å²) in [6.07, 6.45) is 0. The molecule has 1 aliphatic rings. The molecule has 26 heavy (non-hydrogen) atoms. The summed E-state index contributed by atoms with van der Waals surface area (Å²) in [5, 5.41) is 20.2. The number of halogens is 1. The average molecular weight is 372 g/mol. The molecule has 1 unspecified atom stereocenters. The molecule has 1 aliphatic heterocycles. The topological polar surface area (TPSA) is 94.9 Å². The third-order valence-corrected chi connectivity index (χ3v) is 4.33. The van der Waals surface area contributed by atoms with Gasteiger partial charge in [0.05, 0.1) is 11.6 Å². The summed E-state index contributed by atoms with van der Waals surface area (Å²) in [5.41, 5.74) is 0.692. The Kier molecular flexibility index (Phi) is 4.77. The lowest BCUT2D eigenvalue weighted by Gasteiger charge is -2.23. The van der Waals surface area contributed by atoms with Crippen molar-refractivity contribution in [2.24, 2.45) is 0 Å². The van der Waals surface area contributed by atoms with Gasteiger partial charge in [-0.3, -0.25) is 14.4 Å². The lowest BCUT2D eigenvalue weighted by atomic mass is 9.95. The second-order valence-corrected chi connectivity index (χ2v) is 6.17. The molecule has 2 N–H and O–H groups in total. The van der Waals surface area contributed by atoms with E-state index in [4.69, 9.17) is 16.7 Å². The number of carboxylic acids is 1. The van der Waals surface area contributed by atoms with E-state index < -0.39 is 30.2 Å². The van der Waals surface area contributed by atoms with Gasteiger partial charge in [0.15, 0.2) is 0 Å². The van der Waals surface area contributed by atoms with Crippen molar-refractivity contribution in [1.82, 2.24) is 4.90 Å². The van der Waals surface area contributed by atoms with Gasteiger partial charge in [-0.25, -0.2) is 0 Å². The number of benzene rings is 2. The predicted octanol–water partition coefficient (Wildman–Crippen LogP) is 2.85. The number of amides is 1. The summed E-state index contributed by atoms with van der Waals surface area (Å²) in [6, 6.07) is 13.6. The first-order chi connectivity index (χ1) is 12.4. The van der Waals surface area contributed by atoms with Crippen LogP contribution in [-0.2, 0) is 14.4 Å². The lowest BCUT2D eigenvalue weighted by molar-refractivity contribution is -0.146. The highest BCUT2D eigenvalue weighted by Gasteiger charge is 2.46. The Bertz CT molecular complexity index is 905. The Labute approximate surface area is 153 Å². The molecule has 0 aromatic heterocycles. The number of Topliss-reactive ketones (excluding diaryl/α,β-unsaturated/α-hetero) is 1. The van der Waals surface area contributed by atoms with E-state index in [9.17, 15) is 19.5 Å². The monoisotopic (exact) mass is 371 g/mol. The second kappa shape index (κ2) is 7.01. The van der Waals surface area contributed by atoms with E-state index in [0.29, 0.717) is 16.1 Å². The molecule has 1 amide bonds. The van der Waals surface area contributed by atoms with E-state index in [0.717, 1.165) is 4.90 Å². The number of ketones is 1. The first-order valence-corrected chi connectivity index (χ1v) is 8.09. The van der Waals surface area contributed by atoms with Crippen LogP contribution in [-0.4, -0.2) is 39.3 Å². The highest BCUT2D eigenvalue weighted by Crippen LogP contribution is 2.39. The molecule has 6 nitrogen and oxygen atoms in total. The smallest absolute Gasteiger partial charge is 0.323 e. The van der Waals surface area contributed by atoms with E-state index >= 15 is 0 Å². The molecule has 1 atom stereocenters. The van der Waals surface area contributed by atoms with Gasteiger partial charge in [-0.15, -0.1) is 0 Å². The molecule has 0 spiro atoms. The summed E-state index contributed by atoms with van der Waals surface area (Å²) in [7, 11) is 0. The Balaban J connectivity index is 2.18. The molecule has 2 aromatic carbocycles. The number of aliphatic hydroxyl groups is 1. The molecule has 132 valence electrons. The Morgan fingerprint density at radius 3 is 2.19 bits per heavy atom. The Morgan fingerprint density at radius 2 is 1.62 bits per heavy atom. The highest BCUT2D eigenvalue weighted by atomic mass is 35.5. The van der Waals surface area contributed by atoms with Crippen molar-refractivity contribution in [2.75, 3.05) is 6.54 Å². The maximum atomic E-state index is 12.5. The maximum absolute atomic E-state index is 12.5. The standard InChI is InChI=1S/C19H14ClNO5/c20-13-8-6-12(7-9-13)17(24)15-16(11-4-2-1-3-5-11)21(10-14(22)23)19(26)18(15)25/h1-9,16,24H,10H2,(H,22,23). The predicted molar refractivity (Wildman–Crippen MR) is 94.5 cm³/mol. The fraction of sp³-hybridized carbons (Fsp3) is 0.105. The molecular weight excluding hydrogens is 358 g/mol. The summed E-state index contributed by atoms with van der Waals surface area (Å²) >= 11 is 5.84. The van der Waals surface area contributed by atoms with E-state index in [2.05, 4.69) is 0 Å². The third kappa shape index (κ3) is 3.19. The SMILES string of the molecule is O=C(O)CN1C(=O)C(=O)C(=C(O)c2ccc(Cl)cc2)C1c1ccccc1. The van der Waals surface area contributed by atoms with Crippen LogP contribution in [0, 0.1) is 0 Å².